The summed E-state index contributed by atoms with van der Waals surface area (Å²) >= 11 is 0. The Balaban J connectivity index is 2.10. The Bertz CT molecular complexity index is 410. The maximum atomic E-state index is 11.7. The van der Waals surface area contributed by atoms with E-state index >= 15 is 0 Å². The van der Waals surface area contributed by atoms with Crippen molar-refractivity contribution in [3.05, 3.63) is 35.4 Å². The molecule has 4 heteroatoms. The molecule has 1 fully saturated rings. The summed E-state index contributed by atoms with van der Waals surface area (Å²) in [7, 11) is 0. The molecule has 1 amide bonds. The Morgan fingerprint density at radius 2 is 1.80 bits per heavy atom. The third-order valence-corrected chi connectivity index (χ3v) is 2.37. The summed E-state index contributed by atoms with van der Waals surface area (Å²) < 4.78 is 4.90. The number of rotatable bonds is 3. The second-order valence-electron chi connectivity index (χ2n) is 3.61. The van der Waals surface area contributed by atoms with E-state index in [4.69, 9.17) is 10.5 Å². The van der Waals surface area contributed by atoms with Crippen molar-refractivity contribution in [3.63, 3.8) is 0 Å². The molecule has 2 N–H and O–H groups in total. The summed E-state index contributed by atoms with van der Waals surface area (Å²) in [5.74, 6) is -0.765. The van der Waals surface area contributed by atoms with Crippen molar-refractivity contribution in [3.8, 4) is 0 Å². The van der Waals surface area contributed by atoms with E-state index in [-0.39, 0.29) is 5.78 Å². The minimum Gasteiger partial charge on any atom is -0.367 e. The van der Waals surface area contributed by atoms with Crippen LogP contribution < -0.4 is 5.73 Å². The molecule has 0 aliphatic carbocycles. The van der Waals surface area contributed by atoms with E-state index < -0.39 is 18.1 Å². The van der Waals surface area contributed by atoms with Gasteiger partial charge in [0.05, 0.1) is 0 Å². The first kappa shape index (κ1) is 9.86. The summed E-state index contributed by atoms with van der Waals surface area (Å²) in [4.78, 5) is 22.4. The van der Waals surface area contributed by atoms with Crippen molar-refractivity contribution in [1.29, 1.82) is 0 Å². The molecule has 4 nitrogen and oxygen atoms in total. The maximum absolute atomic E-state index is 11.7. The first-order valence-corrected chi connectivity index (χ1v) is 4.65. The van der Waals surface area contributed by atoms with Crippen LogP contribution in [0.3, 0.4) is 0 Å². The third kappa shape index (κ3) is 1.89. The van der Waals surface area contributed by atoms with Gasteiger partial charge in [0.15, 0.2) is 18.0 Å². The zero-order valence-electron chi connectivity index (χ0n) is 8.27. The van der Waals surface area contributed by atoms with Crippen LogP contribution in [0.5, 0.6) is 0 Å². The molecule has 0 radical (unpaired) electrons. The molecule has 1 heterocycles. The standard InChI is InChI=1S/C11H11NO3/c1-6-2-4-7(5-3-6)8(13)9-10(15-9)11(12)14/h2-5,9-10H,1H3,(H2,12,14). The maximum Gasteiger partial charge on any atom is 0.249 e. The molecule has 1 aromatic carbocycles. The first-order valence-electron chi connectivity index (χ1n) is 4.65. The van der Waals surface area contributed by atoms with Gasteiger partial charge in [0.25, 0.3) is 0 Å². The van der Waals surface area contributed by atoms with Crippen LogP contribution in [0, 0.1) is 6.92 Å². The second kappa shape index (κ2) is 3.47. The monoisotopic (exact) mass is 205 g/mol. The van der Waals surface area contributed by atoms with E-state index in [2.05, 4.69) is 0 Å². The predicted octanol–water partition coefficient (Wildman–Crippen LogP) is 0.430. The van der Waals surface area contributed by atoms with Gasteiger partial charge < -0.3 is 10.5 Å². The van der Waals surface area contributed by atoms with Gasteiger partial charge in [-0.2, -0.15) is 0 Å². The SMILES string of the molecule is Cc1ccc(C(=O)C2OC2C(N)=O)cc1. The number of nitrogens with two attached hydrogens (primary N) is 1. The number of carbonyl (C=O) groups excluding carboxylic acids is 2. The van der Waals surface area contributed by atoms with Crippen molar-refractivity contribution in [2.24, 2.45) is 5.73 Å². The van der Waals surface area contributed by atoms with Gasteiger partial charge >= 0.3 is 0 Å². The minimum absolute atomic E-state index is 0.182. The number of amides is 1. The second-order valence-corrected chi connectivity index (χ2v) is 3.61. The number of hydrogen-bond acceptors (Lipinski definition) is 3. The third-order valence-electron chi connectivity index (χ3n) is 2.37. The van der Waals surface area contributed by atoms with Crippen molar-refractivity contribution in [1.82, 2.24) is 0 Å². The molecule has 0 aromatic heterocycles. The van der Waals surface area contributed by atoms with Gasteiger partial charge in [-0.3, -0.25) is 9.59 Å². The topological polar surface area (TPSA) is 72.7 Å². The molecule has 1 aromatic rings. The lowest BCUT2D eigenvalue weighted by molar-refractivity contribution is -0.119. The Kier molecular flexibility index (Phi) is 2.28. The molecule has 1 saturated heterocycles. The van der Waals surface area contributed by atoms with E-state index in [1.807, 2.05) is 19.1 Å². The fraction of sp³-hybridized carbons (Fsp3) is 0.273. The van der Waals surface area contributed by atoms with Crippen molar-refractivity contribution in [2.45, 2.75) is 19.1 Å². The summed E-state index contributed by atoms with van der Waals surface area (Å²) in [5, 5.41) is 0. The normalized spacial score (nSPS) is 23.5. The largest absolute Gasteiger partial charge is 0.367 e. The molecular formula is C11H11NO3. The van der Waals surface area contributed by atoms with Gasteiger partial charge in [0, 0.05) is 5.56 Å². The minimum atomic E-state index is -0.737. The van der Waals surface area contributed by atoms with Crippen LogP contribution in [0.2, 0.25) is 0 Å². The van der Waals surface area contributed by atoms with E-state index in [0.29, 0.717) is 5.56 Å². The number of ether oxygens (including phenoxy) is 1. The lowest BCUT2D eigenvalue weighted by Crippen LogP contribution is -2.23. The van der Waals surface area contributed by atoms with Crippen molar-refractivity contribution >= 4 is 11.7 Å². The lowest BCUT2D eigenvalue weighted by atomic mass is 10.1. The fourth-order valence-electron chi connectivity index (χ4n) is 1.41. The number of aryl methyl sites for hydroxylation is 1. The van der Waals surface area contributed by atoms with Gasteiger partial charge in [0.2, 0.25) is 5.91 Å². The van der Waals surface area contributed by atoms with Gasteiger partial charge in [-0.05, 0) is 6.92 Å². The Morgan fingerprint density at radius 3 is 2.27 bits per heavy atom. The summed E-state index contributed by atoms with van der Waals surface area (Å²) in [6, 6.07) is 7.12. The highest BCUT2D eigenvalue weighted by molar-refractivity contribution is 6.05. The zero-order chi connectivity index (χ0) is 11.0. The average Bonchev–Trinajstić information content (AvgIpc) is 2.97. The molecule has 2 atom stereocenters. The molecule has 0 saturated carbocycles. The van der Waals surface area contributed by atoms with Gasteiger partial charge in [-0.15, -0.1) is 0 Å². The van der Waals surface area contributed by atoms with Crippen LogP contribution in [-0.2, 0) is 9.53 Å². The molecule has 15 heavy (non-hydrogen) atoms. The summed E-state index contributed by atoms with van der Waals surface area (Å²) in [6.07, 6.45) is -1.41. The van der Waals surface area contributed by atoms with Crippen molar-refractivity contribution < 1.29 is 14.3 Å². The number of benzene rings is 1. The number of hydrogen-bond donors (Lipinski definition) is 1. The first-order chi connectivity index (χ1) is 7.09. The molecule has 0 spiro atoms. The molecular weight excluding hydrogens is 194 g/mol. The number of ketones is 1. The molecule has 0 bridgehead atoms. The van der Waals surface area contributed by atoms with E-state index in [9.17, 15) is 9.59 Å². The van der Waals surface area contributed by atoms with Gasteiger partial charge in [0.1, 0.15) is 0 Å². The zero-order valence-corrected chi connectivity index (χ0v) is 8.27. The molecule has 2 rings (SSSR count). The van der Waals surface area contributed by atoms with E-state index in [1.54, 1.807) is 12.1 Å². The average molecular weight is 205 g/mol. The number of Topliss-reactive ketones (excluding diaryl/α,β-unsaturated/α-hetero) is 1. The van der Waals surface area contributed by atoms with Crippen LogP contribution in [0.15, 0.2) is 24.3 Å². The lowest BCUT2D eigenvalue weighted by Gasteiger charge is -1.97. The van der Waals surface area contributed by atoms with Crippen LogP contribution in [-0.4, -0.2) is 23.9 Å². The fourth-order valence-corrected chi connectivity index (χ4v) is 1.41. The Labute approximate surface area is 87.0 Å². The highest BCUT2D eigenvalue weighted by atomic mass is 16.6. The number of carbonyl (C=O) groups is 2. The number of epoxide rings is 1. The van der Waals surface area contributed by atoms with Crippen LogP contribution in [0.4, 0.5) is 0 Å². The summed E-state index contributed by atoms with van der Waals surface area (Å²) in [5.41, 5.74) is 6.64. The molecule has 2 unspecified atom stereocenters. The highest BCUT2D eigenvalue weighted by Crippen LogP contribution is 2.25. The van der Waals surface area contributed by atoms with Crippen LogP contribution in [0.1, 0.15) is 15.9 Å². The molecule has 1 aliphatic rings. The van der Waals surface area contributed by atoms with Crippen LogP contribution >= 0.6 is 0 Å². The summed E-state index contributed by atoms with van der Waals surface area (Å²) in [6.45, 7) is 1.94. The van der Waals surface area contributed by atoms with E-state index in [0.717, 1.165) is 5.56 Å². The molecule has 1 aliphatic heterocycles. The van der Waals surface area contributed by atoms with Gasteiger partial charge in [-0.1, -0.05) is 29.8 Å². The van der Waals surface area contributed by atoms with Crippen molar-refractivity contribution in [2.75, 3.05) is 0 Å². The molecule has 78 valence electrons. The highest BCUT2D eigenvalue weighted by Gasteiger charge is 2.49. The Morgan fingerprint density at radius 1 is 1.20 bits per heavy atom. The smallest absolute Gasteiger partial charge is 0.249 e. The number of primary amides is 1. The van der Waals surface area contributed by atoms with Crippen LogP contribution in [0.25, 0.3) is 0 Å². The van der Waals surface area contributed by atoms with Gasteiger partial charge in [-0.25, -0.2) is 0 Å². The predicted molar refractivity (Wildman–Crippen MR) is 53.4 cm³/mol. The Hall–Kier alpha value is -1.68. The van der Waals surface area contributed by atoms with E-state index in [1.165, 1.54) is 0 Å². The quantitative estimate of drug-likeness (QED) is 0.574.